The van der Waals surface area contributed by atoms with Crippen LogP contribution in [0.5, 0.6) is 11.5 Å². The van der Waals surface area contributed by atoms with E-state index in [-0.39, 0.29) is 19.1 Å². The number of benzene rings is 1. The first-order valence-electron chi connectivity index (χ1n) is 6.29. The number of nitrogens with zero attached hydrogens (tertiary/aromatic N) is 1. The molecule has 0 aliphatic rings. The zero-order valence-electron chi connectivity index (χ0n) is 11.4. The third kappa shape index (κ3) is 5.16. The molecule has 0 saturated carbocycles. The second-order valence-electron chi connectivity index (χ2n) is 4.00. The van der Waals surface area contributed by atoms with Crippen LogP contribution in [-0.4, -0.2) is 37.9 Å². The molecule has 0 aliphatic heterocycles. The molecule has 0 unspecified atom stereocenters. The Labute approximate surface area is 117 Å². The van der Waals surface area contributed by atoms with E-state index in [2.05, 4.69) is 5.32 Å². The van der Waals surface area contributed by atoms with Gasteiger partial charge in [0, 0.05) is 19.0 Å². The molecule has 0 heterocycles. The van der Waals surface area contributed by atoms with Crippen LogP contribution >= 0.6 is 0 Å². The Kier molecular flexibility index (Phi) is 6.93. The molecule has 20 heavy (non-hydrogen) atoms. The number of methoxy groups -OCH3 is 1. The summed E-state index contributed by atoms with van der Waals surface area (Å²) < 4.78 is 10.7. The highest BCUT2D eigenvalue weighted by Crippen LogP contribution is 2.27. The summed E-state index contributed by atoms with van der Waals surface area (Å²) in [6, 6.07) is 6.94. The van der Waals surface area contributed by atoms with Gasteiger partial charge in [0.15, 0.2) is 11.5 Å². The summed E-state index contributed by atoms with van der Waals surface area (Å²) in [5.41, 5.74) is 0.498. The van der Waals surface area contributed by atoms with Gasteiger partial charge in [0.2, 0.25) is 5.91 Å². The Bertz CT molecular complexity index is 483. The van der Waals surface area contributed by atoms with Crippen molar-refractivity contribution in [2.45, 2.75) is 12.8 Å². The topological polar surface area (TPSA) is 91.6 Å². The van der Waals surface area contributed by atoms with E-state index in [0.29, 0.717) is 36.5 Å². The highest BCUT2D eigenvalue weighted by Gasteiger charge is 2.06. The molecule has 0 saturated heterocycles. The zero-order chi connectivity index (χ0) is 14.8. The Hall–Kier alpha value is -2.26. The quantitative estimate of drug-likeness (QED) is 0.687. The van der Waals surface area contributed by atoms with E-state index in [1.165, 1.54) is 7.11 Å². The molecule has 0 fully saturated rings. The van der Waals surface area contributed by atoms with Crippen molar-refractivity contribution in [3.63, 3.8) is 0 Å². The molecule has 6 heteroatoms. The summed E-state index contributed by atoms with van der Waals surface area (Å²) in [6.07, 6.45) is 0.888. The number of nitrogens with one attached hydrogen (secondary N) is 1. The van der Waals surface area contributed by atoms with E-state index < -0.39 is 0 Å². The van der Waals surface area contributed by atoms with Crippen molar-refractivity contribution in [1.29, 1.82) is 5.26 Å². The first-order valence-corrected chi connectivity index (χ1v) is 6.29. The first-order chi connectivity index (χ1) is 9.71. The molecule has 0 spiro atoms. The Morgan fingerprint density at radius 3 is 2.90 bits per heavy atom. The molecule has 2 N–H and O–H groups in total. The van der Waals surface area contributed by atoms with Crippen LogP contribution < -0.4 is 14.8 Å². The fourth-order valence-electron chi connectivity index (χ4n) is 1.55. The Morgan fingerprint density at radius 2 is 2.25 bits per heavy atom. The van der Waals surface area contributed by atoms with Crippen LogP contribution in [-0.2, 0) is 4.79 Å². The van der Waals surface area contributed by atoms with Crippen LogP contribution in [0, 0.1) is 11.3 Å². The predicted molar refractivity (Wildman–Crippen MR) is 72.5 cm³/mol. The molecular weight excluding hydrogens is 260 g/mol. The lowest BCUT2D eigenvalue weighted by atomic mass is 10.2. The summed E-state index contributed by atoms with van der Waals surface area (Å²) in [4.78, 5) is 11.3. The van der Waals surface area contributed by atoms with Gasteiger partial charge in [-0.15, -0.1) is 0 Å². The van der Waals surface area contributed by atoms with Crippen LogP contribution in [0.4, 0.5) is 0 Å². The molecule has 1 amide bonds. The summed E-state index contributed by atoms with van der Waals surface area (Å²) in [5.74, 6) is 0.922. The van der Waals surface area contributed by atoms with E-state index in [4.69, 9.17) is 19.8 Å². The van der Waals surface area contributed by atoms with Crippen molar-refractivity contribution >= 4 is 5.91 Å². The van der Waals surface area contributed by atoms with Gasteiger partial charge < -0.3 is 19.9 Å². The van der Waals surface area contributed by atoms with Crippen LogP contribution in [0.1, 0.15) is 18.4 Å². The number of nitriles is 1. The highest BCUT2D eigenvalue weighted by atomic mass is 16.5. The van der Waals surface area contributed by atoms with E-state index in [1.54, 1.807) is 18.2 Å². The second kappa shape index (κ2) is 8.77. The van der Waals surface area contributed by atoms with Gasteiger partial charge in [-0.05, 0) is 18.6 Å². The number of rotatable bonds is 8. The average Bonchev–Trinajstić information content (AvgIpc) is 2.49. The standard InChI is InChI=1S/C14H18N2O4/c1-19-13-9-11(10-15)4-5-12(13)20-8-2-3-14(18)16-6-7-17/h4-5,9,17H,2-3,6-8H2,1H3,(H,16,18). The molecule has 0 atom stereocenters. The summed E-state index contributed by atoms with van der Waals surface area (Å²) >= 11 is 0. The van der Waals surface area contributed by atoms with E-state index in [1.807, 2.05) is 6.07 Å². The third-order valence-corrected chi connectivity index (χ3v) is 2.53. The van der Waals surface area contributed by atoms with Gasteiger partial charge in [0.05, 0.1) is 32.0 Å². The summed E-state index contributed by atoms with van der Waals surface area (Å²) in [5, 5.41) is 19.9. The second-order valence-corrected chi connectivity index (χ2v) is 4.00. The van der Waals surface area contributed by atoms with Crippen LogP contribution in [0.15, 0.2) is 18.2 Å². The van der Waals surface area contributed by atoms with Gasteiger partial charge in [-0.1, -0.05) is 0 Å². The van der Waals surface area contributed by atoms with Gasteiger partial charge in [0.25, 0.3) is 0 Å². The maximum absolute atomic E-state index is 11.3. The van der Waals surface area contributed by atoms with Gasteiger partial charge in [-0.3, -0.25) is 4.79 Å². The van der Waals surface area contributed by atoms with Crippen molar-refractivity contribution in [2.24, 2.45) is 0 Å². The smallest absolute Gasteiger partial charge is 0.220 e. The van der Waals surface area contributed by atoms with Crippen LogP contribution in [0.2, 0.25) is 0 Å². The largest absolute Gasteiger partial charge is 0.493 e. The molecule has 1 aromatic carbocycles. The van der Waals surface area contributed by atoms with E-state index >= 15 is 0 Å². The number of carbonyl (C=O) groups is 1. The molecule has 108 valence electrons. The number of ether oxygens (including phenoxy) is 2. The molecular formula is C14H18N2O4. The Balaban J connectivity index is 2.39. The first kappa shape index (κ1) is 15.8. The van der Waals surface area contributed by atoms with Crippen molar-refractivity contribution < 1.29 is 19.4 Å². The number of carbonyl (C=O) groups excluding carboxylic acids is 1. The normalized spacial score (nSPS) is 9.65. The monoisotopic (exact) mass is 278 g/mol. The van der Waals surface area contributed by atoms with E-state index in [0.717, 1.165) is 0 Å². The van der Waals surface area contributed by atoms with Gasteiger partial charge >= 0.3 is 0 Å². The van der Waals surface area contributed by atoms with Gasteiger partial charge in [-0.25, -0.2) is 0 Å². The number of amides is 1. The third-order valence-electron chi connectivity index (χ3n) is 2.53. The highest BCUT2D eigenvalue weighted by molar-refractivity contribution is 5.75. The minimum Gasteiger partial charge on any atom is -0.493 e. The van der Waals surface area contributed by atoms with Crippen LogP contribution in [0.3, 0.4) is 0 Å². The molecule has 0 aromatic heterocycles. The molecule has 1 rings (SSSR count). The van der Waals surface area contributed by atoms with Crippen molar-refractivity contribution in [3.8, 4) is 17.6 Å². The zero-order valence-corrected chi connectivity index (χ0v) is 11.4. The summed E-state index contributed by atoms with van der Waals surface area (Å²) in [6.45, 7) is 0.572. The van der Waals surface area contributed by atoms with Crippen molar-refractivity contribution in [1.82, 2.24) is 5.32 Å². The lowest BCUT2D eigenvalue weighted by molar-refractivity contribution is -0.121. The van der Waals surface area contributed by atoms with E-state index in [9.17, 15) is 4.79 Å². The number of aliphatic hydroxyl groups excluding tert-OH is 1. The number of hydrogen-bond donors (Lipinski definition) is 2. The minimum absolute atomic E-state index is 0.0648. The fraction of sp³-hybridized carbons (Fsp3) is 0.429. The number of aliphatic hydroxyl groups is 1. The molecule has 0 aliphatic carbocycles. The molecule has 6 nitrogen and oxygen atoms in total. The SMILES string of the molecule is COc1cc(C#N)ccc1OCCCC(=O)NCCO. The molecule has 0 bridgehead atoms. The fourth-order valence-corrected chi connectivity index (χ4v) is 1.55. The number of hydrogen-bond acceptors (Lipinski definition) is 5. The lowest BCUT2D eigenvalue weighted by Crippen LogP contribution is -2.26. The van der Waals surface area contributed by atoms with Crippen LogP contribution in [0.25, 0.3) is 0 Å². The average molecular weight is 278 g/mol. The summed E-state index contributed by atoms with van der Waals surface area (Å²) in [7, 11) is 1.51. The predicted octanol–water partition coefficient (Wildman–Crippen LogP) is 0.834. The maximum atomic E-state index is 11.3. The van der Waals surface area contributed by atoms with Gasteiger partial charge in [0.1, 0.15) is 0 Å². The maximum Gasteiger partial charge on any atom is 0.220 e. The lowest BCUT2D eigenvalue weighted by Gasteiger charge is -2.10. The minimum atomic E-state index is -0.116. The molecule has 0 radical (unpaired) electrons. The molecule has 1 aromatic rings. The van der Waals surface area contributed by atoms with Crippen molar-refractivity contribution in [3.05, 3.63) is 23.8 Å². The Morgan fingerprint density at radius 1 is 1.45 bits per heavy atom. The van der Waals surface area contributed by atoms with Gasteiger partial charge in [-0.2, -0.15) is 5.26 Å². The van der Waals surface area contributed by atoms with Crippen molar-refractivity contribution in [2.75, 3.05) is 26.9 Å².